The molecule has 1 aromatic rings. The largest absolute Gasteiger partial charge is 0.497 e. The maximum atomic E-state index is 12.3. The number of Topliss-reactive ketones (excluding diaryl/α,β-unsaturated/α-hetero) is 1. The molecule has 1 aliphatic heterocycles. The van der Waals surface area contributed by atoms with E-state index in [4.69, 9.17) is 4.74 Å². The fourth-order valence-corrected chi connectivity index (χ4v) is 2.68. The molecule has 0 unspecified atom stereocenters. The fourth-order valence-electron chi connectivity index (χ4n) is 2.68. The zero-order chi connectivity index (χ0) is 14.5. The first-order valence-corrected chi connectivity index (χ1v) is 7.16. The molecule has 0 radical (unpaired) electrons. The number of nitrogens with zero attached hydrogens (tertiary/aromatic N) is 2. The summed E-state index contributed by atoms with van der Waals surface area (Å²) in [5, 5.41) is 0. The Kier molecular flexibility index (Phi) is 5.15. The molecule has 1 aromatic carbocycles. The van der Waals surface area contributed by atoms with Crippen molar-refractivity contribution in [3.05, 3.63) is 29.8 Å². The summed E-state index contributed by atoms with van der Waals surface area (Å²) >= 11 is 0. The van der Waals surface area contributed by atoms with E-state index in [9.17, 15) is 4.79 Å². The van der Waals surface area contributed by atoms with Crippen molar-refractivity contribution in [1.82, 2.24) is 9.80 Å². The second-order valence-corrected chi connectivity index (χ2v) is 5.60. The second kappa shape index (κ2) is 6.86. The zero-order valence-electron chi connectivity index (χ0n) is 12.6. The van der Waals surface area contributed by atoms with Crippen molar-refractivity contribution >= 4 is 5.78 Å². The molecule has 0 aliphatic carbocycles. The molecule has 0 aromatic heterocycles. The SMILES string of the molecule is COc1cccc(C(=O)CN(C)C2CCN(C)CC2)c1. The number of hydrogen-bond donors (Lipinski definition) is 0. The highest BCUT2D eigenvalue weighted by Crippen LogP contribution is 2.16. The molecule has 0 spiro atoms. The van der Waals surface area contributed by atoms with E-state index in [-0.39, 0.29) is 5.78 Å². The fraction of sp³-hybridized carbons (Fsp3) is 0.562. The Hall–Kier alpha value is -1.39. The first-order valence-electron chi connectivity index (χ1n) is 7.16. The zero-order valence-corrected chi connectivity index (χ0v) is 12.6. The molecule has 110 valence electrons. The van der Waals surface area contributed by atoms with Gasteiger partial charge in [0.15, 0.2) is 5.78 Å². The summed E-state index contributed by atoms with van der Waals surface area (Å²) in [4.78, 5) is 16.9. The van der Waals surface area contributed by atoms with Gasteiger partial charge in [0.25, 0.3) is 0 Å². The van der Waals surface area contributed by atoms with E-state index in [2.05, 4.69) is 16.8 Å². The van der Waals surface area contributed by atoms with Crippen LogP contribution >= 0.6 is 0 Å². The number of rotatable bonds is 5. The van der Waals surface area contributed by atoms with E-state index >= 15 is 0 Å². The maximum absolute atomic E-state index is 12.3. The van der Waals surface area contributed by atoms with Crippen molar-refractivity contribution in [2.75, 3.05) is 40.8 Å². The van der Waals surface area contributed by atoms with Gasteiger partial charge in [0.1, 0.15) is 5.75 Å². The van der Waals surface area contributed by atoms with Gasteiger partial charge in [-0.25, -0.2) is 0 Å². The molecular weight excluding hydrogens is 252 g/mol. The Bertz CT molecular complexity index is 454. The summed E-state index contributed by atoms with van der Waals surface area (Å²) in [6.45, 7) is 2.70. The number of carbonyl (C=O) groups excluding carboxylic acids is 1. The Labute approximate surface area is 121 Å². The summed E-state index contributed by atoms with van der Waals surface area (Å²) in [6.07, 6.45) is 2.27. The molecule has 2 rings (SSSR count). The monoisotopic (exact) mass is 276 g/mol. The lowest BCUT2D eigenvalue weighted by molar-refractivity contribution is 0.0871. The Morgan fingerprint density at radius 2 is 2.10 bits per heavy atom. The Morgan fingerprint density at radius 3 is 2.75 bits per heavy atom. The first kappa shape index (κ1) is 15.0. The molecule has 20 heavy (non-hydrogen) atoms. The van der Waals surface area contributed by atoms with Crippen LogP contribution in [0.25, 0.3) is 0 Å². The van der Waals surface area contributed by atoms with Crippen LogP contribution in [0.2, 0.25) is 0 Å². The van der Waals surface area contributed by atoms with Crippen molar-refractivity contribution < 1.29 is 9.53 Å². The van der Waals surface area contributed by atoms with Crippen LogP contribution in [-0.2, 0) is 0 Å². The smallest absolute Gasteiger partial charge is 0.176 e. The average molecular weight is 276 g/mol. The number of ether oxygens (including phenoxy) is 1. The van der Waals surface area contributed by atoms with Crippen LogP contribution in [0.4, 0.5) is 0 Å². The van der Waals surface area contributed by atoms with Crippen molar-refractivity contribution in [1.29, 1.82) is 0 Å². The van der Waals surface area contributed by atoms with E-state index in [1.54, 1.807) is 7.11 Å². The van der Waals surface area contributed by atoms with Gasteiger partial charge in [0.2, 0.25) is 0 Å². The molecule has 0 amide bonds. The van der Waals surface area contributed by atoms with Gasteiger partial charge in [-0.15, -0.1) is 0 Å². The summed E-state index contributed by atoms with van der Waals surface area (Å²) in [7, 11) is 5.82. The van der Waals surface area contributed by atoms with Crippen molar-refractivity contribution in [2.24, 2.45) is 0 Å². The first-order chi connectivity index (χ1) is 9.60. The molecule has 1 fully saturated rings. The van der Waals surface area contributed by atoms with Crippen LogP contribution in [0.5, 0.6) is 5.75 Å². The van der Waals surface area contributed by atoms with Crippen molar-refractivity contribution in [3.8, 4) is 5.75 Å². The molecule has 0 N–H and O–H groups in total. The van der Waals surface area contributed by atoms with Gasteiger partial charge in [-0.05, 0) is 52.2 Å². The van der Waals surface area contributed by atoms with Gasteiger partial charge < -0.3 is 9.64 Å². The molecular formula is C16H24N2O2. The number of methoxy groups -OCH3 is 1. The minimum atomic E-state index is 0.158. The van der Waals surface area contributed by atoms with Crippen LogP contribution < -0.4 is 4.74 Å². The lowest BCUT2D eigenvalue weighted by atomic mass is 10.0. The lowest BCUT2D eigenvalue weighted by Crippen LogP contribution is -2.43. The molecule has 0 atom stereocenters. The summed E-state index contributed by atoms with van der Waals surface area (Å²) in [5.74, 6) is 0.892. The topological polar surface area (TPSA) is 32.8 Å². The minimum Gasteiger partial charge on any atom is -0.497 e. The molecule has 0 bridgehead atoms. The van der Waals surface area contributed by atoms with E-state index in [0.29, 0.717) is 12.6 Å². The Morgan fingerprint density at radius 1 is 1.40 bits per heavy atom. The molecule has 4 heteroatoms. The van der Waals surface area contributed by atoms with Crippen molar-refractivity contribution in [2.45, 2.75) is 18.9 Å². The van der Waals surface area contributed by atoms with Crippen LogP contribution in [0.15, 0.2) is 24.3 Å². The van der Waals surface area contributed by atoms with Crippen molar-refractivity contribution in [3.63, 3.8) is 0 Å². The van der Waals surface area contributed by atoms with E-state index in [1.807, 2.05) is 31.3 Å². The van der Waals surface area contributed by atoms with Crippen LogP contribution in [0.1, 0.15) is 23.2 Å². The highest BCUT2D eigenvalue weighted by Gasteiger charge is 2.22. The number of ketones is 1. The average Bonchev–Trinajstić information content (AvgIpc) is 2.47. The maximum Gasteiger partial charge on any atom is 0.176 e. The third-order valence-electron chi connectivity index (χ3n) is 4.10. The van der Waals surface area contributed by atoms with Gasteiger partial charge >= 0.3 is 0 Å². The van der Waals surface area contributed by atoms with Crippen LogP contribution in [0, 0.1) is 0 Å². The van der Waals surface area contributed by atoms with E-state index in [1.165, 1.54) is 0 Å². The number of carbonyl (C=O) groups is 1. The molecule has 0 saturated carbocycles. The van der Waals surface area contributed by atoms with Gasteiger partial charge in [-0.1, -0.05) is 12.1 Å². The third kappa shape index (κ3) is 3.81. The summed E-state index contributed by atoms with van der Waals surface area (Å²) < 4.78 is 5.17. The second-order valence-electron chi connectivity index (χ2n) is 5.60. The molecule has 1 saturated heterocycles. The number of likely N-dealkylation sites (tertiary alicyclic amines) is 1. The quantitative estimate of drug-likeness (QED) is 0.769. The standard InChI is InChI=1S/C16H24N2O2/c1-17-9-7-14(8-10-17)18(2)12-16(19)13-5-4-6-15(11-13)20-3/h4-6,11,14H,7-10,12H2,1-3H3. The molecule has 1 heterocycles. The van der Waals surface area contributed by atoms with Gasteiger partial charge in [-0.2, -0.15) is 0 Å². The highest BCUT2D eigenvalue weighted by atomic mass is 16.5. The number of piperidine rings is 1. The molecule has 4 nitrogen and oxygen atoms in total. The van der Waals surface area contributed by atoms with Gasteiger partial charge in [0.05, 0.1) is 13.7 Å². The van der Waals surface area contributed by atoms with Crippen LogP contribution in [0.3, 0.4) is 0 Å². The minimum absolute atomic E-state index is 0.158. The van der Waals surface area contributed by atoms with Gasteiger partial charge in [-0.3, -0.25) is 9.69 Å². The van der Waals surface area contributed by atoms with E-state index in [0.717, 1.165) is 37.2 Å². The van der Waals surface area contributed by atoms with E-state index < -0.39 is 0 Å². The van der Waals surface area contributed by atoms with Gasteiger partial charge in [0, 0.05) is 11.6 Å². The summed E-state index contributed by atoms with van der Waals surface area (Å²) in [6, 6.07) is 7.90. The van der Waals surface area contributed by atoms with Crippen LogP contribution in [-0.4, -0.2) is 62.5 Å². The number of benzene rings is 1. The number of likely N-dealkylation sites (N-methyl/N-ethyl adjacent to an activating group) is 1. The Balaban J connectivity index is 1.93. The molecule has 1 aliphatic rings. The normalized spacial score (nSPS) is 17.4. The number of hydrogen-bond acceptors (Lipinski definition) is 4. The predicted molar refractivity (Wildman–Crippen MR) is 80.5 cm³/mol. The lowest BCUT2D eigenvalue weighted by Gasteiger charge is -2.34. The third-order valence-corrected chi connectivity index (χ3v) is 4.10. The predicted octanol–water partition coefficient (Wildman–Crippen LogP) is 1.90. The summed E-state index contributed by atoms with van der Waals surface area (Å²) in [5.41, 5.74) is 0.726. The highest BCUT2D eigenvalue weighted by molar-refractivity contribution is 5.97.